The Kier molecular flexibility index (Phi) is 6.63. The number of hydrogen-bond donors (Lipinski definition) is 1. The minimum Gasteiger partial charge on any atom is -0.493 e. The number of hydrogen-bond acceptors (Lipinski definition) is 5. The van der Waals surface area contributed by atoms with Gasteiger partial charge in [-0.2, -0.15) is 0 Å². The molecule has 28 heavy (non-hydrogen) atoms. The van der Waals surface area contributed by atoms with Crippen LogP contribution in [0.25, 0.3) is 0 Å². The van der Waals surface area contributed by atoms with Gasteiger partial charge in [0.2, 0.25) is 0 Å². The van der Waals surface area contributed by atoms with Crippen molar-refractivity contribution in [3.05, 3.63) is 42.0 Å². The van der Waals surface area contributed by atoms with E-state index >= 15 is 0 Å². The Morgan fingerprint density at radius 1 is 0.964 bits per heavy atom. The molecule has 6 heteroatoms. The maximum atomic E-state index is 12.7. The molecule has 0 heterocycles. The van der Waals surface area contributed by atoms with Crippen molar-refractivity contribution in [2.24, 2.45) is 0 Å². The molecule has 0 radical (unpaired) electrons. The zero-order valence-electron chi connectivity index (χ0n) is 16.6. The predicted octanol–water partition coefficient (Wildman–Crippen LogP) is 4.68. The number of carbonyl (C=O) groups is 1. The summed E-state index contributed by atoms with van der Waals surface area (Å²) in [5, 5.41) is 2.91. The van der Waals surface area contributed by atoms with E-state index in [1.54, 1.807) is 44.6 Å². The van der Waals surface area contributed by atoms with Crippen LogP contribution in [0.15, 0.2) is 36.4 Å². The van der Waals surface area contributed by atoms with Gasteiger partial charge in [0, 0.05) is 17.3 Å². The Bertz CT molecular complexity index is 815. The second-order valence-corrected chi connectivity index (χ2v) is 6.64. The molecule has 1 amide bonds. The summed E-state index contributed by atoms with van der Waals surface area (Å²) in [5.74, 6) is 2.21. The number of amides is 1. The average Bonchev–Trinajstić information content (AvgIpc) is 3.21. The van der Waals surface area contributed by atoms with Crippen LogP contribution < -0.4 is 24.3 Å². The molecule has 0 aliphatic heterocycles. The first kappa shape index (κ1) is 19.9. The molecular weight excluding hydrogens is 358 g/mol. The molecule has 1 aliphatic rings. The first-order chi connectivity index (χ1) is 13.6. The van der Waals surface area contributed by atoms with Gasteiger partial charge < -0.3 is 24.3 Å². The maximum absolute atomic E-state index is 12.7. The third-order valence-corrected chi connectivity index (χ3v) is 4.74. The Balaban J connectivity index is 1.77. The highest BCUT2D eigenvalue weighted by Crippen LogP contribution is 2.34. The number of rotatable bonds is 8. The van der Waals surface area contributed by atoms with E-state index in [2.05, 4.69) is 5.32 Å². The van der Waals surface area contributed by atoms with Gasteiger partial charge >= 0.3 is 0 Å². The third kappa shape index (κ3) is 4.68. The molecular formula is C22H27NO5. The summed E-state index contributed by atoms with van der Waals surface area (Å²) in [6, 6.07) is 10.5. The fraction of sp³-hybridized carbons (Fsp3) is 0.409. The van der Waals surface area contributed by atoms with E-state index in [0.717, 1.165) is 12.8 Å². The summed E-state index contributed by atoms with van der Waals surface area (Å²) >= 11 is 0. The van der Waals surface area contributed by atoms with E-state index in [1.807, 2.05) is 13.0 Å². The van der Waals surface area contributed by atoms with Crippen molar-refractivity contribution in [2.45, 2.75) is 38.7 Å². The van der Waals surface area contributed by atoms with E-state index in [0.29, 0.717) is 40.9 Å². The van der Waals surface area contributed by atoms with Crippen molar-refractivity contribution < 1.29 is 23.7 Å². The highest BCUT2D eigenvalue weighted by atomic mass is 16.5. The fourth-order valence-corrected chi connectivity index (χ4v) is 3.32. The van der Waals surface area contributed by atoms with E-state index < -0.39 is 0 Å². The van der Waals surface area contributed by atoms with Crippen LogP contribution in [0.4, 0.5) is 5.69 Å². The van der Waals surface area contributed by atoms with Crippen LogP contribution in [0.2, 0.25) is 0 Å². The first-order valence-corrected chi connectivity index (χ1v) is 9.61. The van der Waals surface area contributed by atoms with Crippen LogP contribution in [0.3, 0.4) is 0 Å². The molecule has 3 rings (SSSR count). The number of benzene rings is 2. The molecule has 1 fully saturated rings. The lowest BCUT2D eigenvalue weighted by Gasteiger charge is -2.17. The molecule has 150 valence electrons. The Morgan fingerprint density at radius 2 is 1.64 bits per heavy atom. The molecule has 0 aromatic heterocycles. The van der Waals surface area contributed by atoms with Crippen LogP contribution in [-0.2, 0) is 0 Å². The number of ether oxygens (including phenoxy) is 4. The summed E-state index contributed by atoms with van der Waals surface area (Å²) in [5.41, 5.74) is 1.13. The average molecular weight is 385 g/mol. The monoisotopic (exact) mass is 385 g/mol. The molecule has 2 aromatic rings. The van der Waals surface area contributed by atoms with Gasteiger partial charge in [0.05, 0.1) is 26.9 Å². The first-order valence-electron chi connectivity index (χ1n) is 9.61. The number of methoxy groups -OCH3 is 2. The number of anilines is 1. The van der Waals surface area contributed by atoms with Crippen molar-refractivity contribution in [1.29, 1.82) is 0 Å². The van der Waals surface area contributed by atoms with Gasteiger partial charge in [-0.15, -0.1) is 0 Å². The lowest BCUT2D eigenvalue weighted by atomic mass is 10.1. The van der Waals surface area contributed by atoms with Crippen LogP contribution in [0, 0.1) is 0 Å². The molecule has 0 spiro atoms. The second kappa shape index (κ2) is 9.35. The molecule has 2 aromatic carbocycles. The SMILES string of the molecule is CCOc1cc(C(=O)Nc2ccc(OC)c(OC3CCCC3)c2)ccc1OC. The van der Waals surface area contributed by atoms with E-state index in [-0.39, 0.29) is 12.0 Å². The van der Waals surface area contributed by atoms with Crippen molar-refractivity contribution in [2.75, 3.05) is 26.1 Å². The molecule has 0 bridgehead atoms. The summed E-state index contributed by atoms with van der Waals surface area (Å²) in [6.07, 6.45) is 4.67. The summed E-state index contributed by atoms with van der Waals surface area (Å²) in [7, 11) is 3.18. The van der Waals surface area contributed by atoms with E-state index in [1.165, 1.54) is 12.8 Å². The van der Waals surface area contributed by atoms with Gasteiger partial charge in [-0.3, -0.25) is 4.79 Å². The minimum absolute atomic E-state index is 0.204. The van der Waals surface area contributed by atoms with Gasteiger partial charge in [-0.25, -0.2) is 0 Å². The second-order valence-electron chi connectivity index (χ2n) is 6.64. The lowest BCUT2D eigenvalue weighted by Crippen LogP contribution is -2.14. The Labute approximate surface area is 165 Å². The number of carbonyl (C=O) groups excluding carboxylic acids is 1. The van der Waals surface area contributed by atoms with Gasteiger partial charge in [-0.1, -0.05) is 0 Å². The lowest BCUT2D eigenvalue weighted by molar-refractivity contribution is 0.102. The molecule has 0 saturated heterocycles. The summed E-state index contributed by atoms with van der Waals surface area (Å²) in [6.45, 7) is 2.37. The highest BCUT2D eigenvalue weighted by Gasteiger charge is 2.19. The third-order valence-electron chi connectivity index (χ3n) is 4.74. The van der Waals surface area contributed by atoms with Gasteiger partial charge in [0.15, 0.2) is 23.0 Å². The minimum atomic E-state index is -0.236. The van der Waals surface area contributed by atoms with E-state index in [9.17, 15) is 4.79 Å². The van der Waals surface area contributed by atoms with E-state index in [4.69, 9.17) is 18.9 Å². The van der Waals surface area contributed by atoms with Crippen LogP contribution >= 0.6 is 0 Å². The van der Waals surface area contributed by atoms with Crippen LogP contribution in [-0.4, -0.2) is 32.8 Å². The number of nitrogens with one attached hydrogen (secondary N) is 1. The largest absolute Gasteiger partial charge is 0.493 e. The standard InChI is InChI=1S/C22H27NO5/c1-4-27-20-13-15(9-11-18(20)25-2)22(24)23-16-10-12-19(26-3)21(14-16)28-17-7-5-6-8-17/h9-14,17H,4-8H2,1-3H3,(H,23,24). The fourth-order valence-electron chi connectivity index (χ4n) is 3.32. The smallest absolute Gasteiger partial charge is 0.255 e. The van der Waals surface area contributed by atoms with Crippen molar-refractivity contribution in [3.8, 4) is 23.0 Å². The molecule has 1 aliphatic carbocycles. The predicted molar refractivity (Wildman–Crippen MR) is 108 cm³/mol. The highest BCUT2D eigenvalue weighted by molar-refractivity contribution is 6.04. The molecule has 0 atom stereocenters. The van der Waals surface area contributed by atoms with Gasteiger partial charge in [0.25, 0.3) is 5.91 Å². The molecule has 1 N–H and O–H groups in total. The quantitative estimate of drug-likeness (QED) is 0.715. The Morgan fingerprint density at radius 3 is 2.32 bits per heavy atom. The topological polar surface area (TPSA) is 66.0 Å². The van der Waals surface area contributed by atoms with Gasteiger partial charge in [0.1, 0.15) is 0 Å². The zero-order chi connectivity index (χ0) is 19.9. The normalized spacial score (nSPS) is 13.8. The van der Waals surface area contributed by atoms with Crippen molar-refractivity contribution in [3.63, 3.8) is 0 Å². The van der Waals surface area contributed by atoms with Crippen LogP contribution in [0.5, 0.6) is 23.0 Å². The molecule has 6 nitrogen and oxygen atoms in total. The Hall–Kier alpha value is -2.89. The maximum Gasteiger partial charge on any atom is 0.255 e. The molecule has 1 saturated carbocycles. The van der Waals surface area contributed by atoms with Crippen LogP contribution in [0.1, 0.15) is 43.0 Å². The summed E-state index contributed by atoms with van der Waals surface area (Å²) in [4.78, 5) is 12.7. The van der Waals surface area contributed by atoms with Crippen molar-refractivity contribution in [1.82, 2.24) is 0 Å². The summed E-state index contributed by atoms with van der Waals surface area (Å²) < 4.78 is 22.3. The van der Waals surface area contributed by atoms with Crippen molar-refractivity contribution >= 4 is 11.6 Å². The molecule has 0 unspecified atom stereocenters. The van der Waals surface area contributed by atoms with Gasteiger partial charge in [-0.05, 0) is 62.9 Å². The zero-order valence-corrected chi connectivity index (χ0v) is 16.6.